The lowest BCUT2D eigenvalue weighted by Gasteiger charge is -2.33. The number of hydrogen-bond donors (Lipinski definition) is 1. The summed E-state index contributed by atoms with van der Waals surface area (Å²) in [5.74, 6) is 0.264. The van der Waals surface area contributed by atoms with Crippen LogP contribution in [0.2, 0.25) is 0 Å². The minimum Gasteiger partial charge on any atom is -0.357 e. The van der Waals surface area contributed by atoms with Gasteiger partial charge in [0.1, 0.15) is 0 Å². The van der Waals surface area contributed by atoms with E-state index < -0.39 is 0 Å². The number of carbonyl (C=O) groups excluding carboxylic acids is 1. The van der Waals surface area contributed by atoms with Crippen LogP contribution in [0.4, 0.5) is 5.13 Å². The summed E-state index contributed by atoms with van der Waals surface area (Å²) in [5.41, 5.74) is 0.542. The Balaban J connectivity index is 1.66. The lowest BCUT2D eigenvalue weighted by atomic mass is 10.0. The van der Waals surface area contributed by atoms with Gasteiger partial charge in [0.05, 0.1) is 0 Å². The maximum absolute atomic E-state index is 12.0. The molecule has 7 nitrogen and oxygen atoms in total. The van der Waals surface area contributed by atoms with Gasteiger partial charge in [0, 0.05) is 36.8 Å². The van der Waals surface area contributed by atoms with Gasteiger partial charge in [-0.1, -0.05) is 25.2 Å². The van der Waals surface area contributed by atoms with Crippen molar-refractivity contribution in [2.45, 2.75) is 39.7 Å². The molecule has 0 saturated carbocycles. The van der Waals surface area contributed by atoms with E-state index >= 15 is 0 Å². The van der Waals surface area contributed by atoms with Crippen LogP contribution >= 0.6 is 11.3 Å². The average molecular weight is 335 g/mol. The molecule has 0 radical (unpaired) electrons. The Morgan fingerprint density at radius 2 is 2.09 bits per heavy atom. The minimum atomic E-state index is -0.158. The van der Waals surface area contributed by atoms with E-state index in [1.807, 2.05) is 18.7 Å². The molecule has 1 fully saturated rings. The quantitative estimate of drug-likeness (QED) is 0.920. The molecule has 2 aromatic heterocycles. The molecule has 0 atom stereocenters. The van der Waals surface area contributed by atoms with Gasteiger partial charge in [-0.25, -0.2) is 4.98 Å². The van der Waals surface area contributed by atoms with Crippen LogP contribution in [0, 0.1) is 12.8 Å². The number of rotatable bonds is 3. The third-order valence-electron chi connectivity index (χ3n) is 4.00. The molecule has 1 amide bonds. The van der Waals surface area contributed by atoms with Crippen LogP contribution in [0.3, 0.4) is 0 Å². The molecule has 3 rings (SSSR count). The highest BCUT2D eigenvalue weighted by atomic mass is 32.1. The zero-order chi connectivity index (χ0) is 16.6. The van der Waals surface area contributed by atoms with Gasteiger partial charge >= 0.3 is 0 Å². The van der Waals surface area contributed by atoms with E-state index in [-0.39, 0.29) is 23.4 Å². The van der Waals surface area contributed by atoms with E-state index in [0.717, 1.165) is 25.9 Å². The summed E-state index contributed by atoms with van der Waals surface area (Å²) in [7, 11) is 0. The first-order chi connectivity index (χ1) is 10.9. The third-order valence-corrected chi connectivity index (χ3v) is 4.84. The Morgan fingerprint density at radius 3 is 2.74 bits per heavy atom. The molecule has 1 aliphatic heterocycles. The van der Waals surface area contributed by atoms with Crippen LogP contribution < -0.4 is 10.9 Å². The fourth-order valence-corrected chi connectivity index (χ4v) is 3.69. The van der Waals surface area contributed by atoms with E-state index in [9.17, 15) is 9.59 Å². The maximum atomic E-state index is 12.0. The smallest absolute Gasteiger partial charge is 0.275 e. The summed E-state index contributed by atoms with van der Waals surface area (Å²) in [6.45, 7) is 7.18. The van der Waals surface area contributed by atoms with Gasteiger partial charge in [-0.05, 0) is 19.8 Å². The Labute approximate surface area is 138 Å². The maximum Gasteiger partial charge on any atom is 0.275 e. The SMILES string of the molecule is Cc1cc(=O)n2nc(NC3CCN(C(=O)C(C)C)CC3)sc2n1. The number of hydrogen-bond acceptors (Lipinski definition) is 6. The second kappa shape index (κ2) is 6.27. The normalized spacial score (nSPS) is 16.3. The second-order valence-electron chi connectivity index (χ2n) is 6.24. The standard InChI is InChI=1S/C15H21N5O2S/c1-9(2)13(22)19-6-4-11(5-7-19)17-14-18-20-12(21)8-10(3)16-15(20)23-14/h8-9,11H,4-7H2,1-3H3,(H,17,18). The molecule has 0 spiro atoms. The Hall–Kier alpha value is -1.96. The number of aryl methyl sites for hydroxylation is 1. The monoisotopic (exact) mass is 335 g/mol. The highest BCUT2D eigenvalue weighted by molar-refractivity contribution is 7.20. The van der Waals surface area contributed by atoms with Crippen molar-refractivity contribution in [2.24, 2.45) is 5.92 Å². The summed E-state index contributed by atoms with van der Waals surface area (Å²) in [5, 5.41) is 8.38. The highest BCUT2D eigenvalue weighted by Gasteiger charge is 2.24. The van der Waals surface area contributed by atoms with Crippen LogP contribution in [-0.2, 0) is 4.79 Å². The summed E-state index contributed by atoms with van der Waals surface area (Å²) >= 11 is 1.38. The highest BCUT2D eigenvalue weighted by Crippen LogP contribution is 2.21. The first-order valence-electron chi connectivity index (χ1n) is 7.87. The van der Waals surface area contributed by atoms with Gasteiger partial charge in [0.15, 0.2) is 0 Å². The van der Waals surface area contributed by atoms with E-state index in [4.69, 9.17) is 0 Å². The minimum absolute atomic E-state index is 0.0463. The zero-order valence-corrected chi connectivity index (χ0v) is 14.4. The number of anilines is 1. The van der Waals surface area contributed by atoms with Crippen LogP contribution in [-0.4, -0.2) is 44.5 Å². The number of aromatic nitrogens is 3. The van der Waals surface area contributed by atoms with Crippen molar-refractivity contribution in [3.05, 3.63) is 22.1 Å². The average Bonchev–Trinajstić information content (AvgIpc) is 2.90. The number of carbonyl (C=O) groups is 1. The number of likely N-dealkylation sites (tertiary alicyclic amines) is 1. The van der Waals surface area contributed by atoms with Crippen molar-refractivity contribution in [2.75, 3.05) is 18.4 Å². The third kappa shape index (κ3) is 3.36. The zero-order valence-electron chi connectivity index (χ0n) is 13.6. The van der Waals surface area contributed by atoms with Crippen LogP contribution in [0.25, 0.3) is 4.96 Å². The lowest BCUT2D eigenvalue weighted by Crippen LogP contribution is -2.44. The van der Waals surface area contributed by atoms with Crippen molar-refractivity contribution in [1.29, 1.82) is 0 Å². The van der Waals surface area contributed by atoms with Crippen LogP contribution in [0.15, 0.2) is 10.9 Å². The summed E-state index contributed by atoms with van der Waals surface area (Å²) in [6.07, 6.45) is 1.77. The van der Waals surface area contributed by atoms with E-state index in [2.05, 4.69) is 15.4 Å². The molecular formula is C15H21N5O2S. The predicted octanol–water partition coefficient (Wildman–Crippen LogP) is 1.52. The Morgan fingerprint density at radius 1 is 1.39 bits per heavy atom. The fraction of sp³-hybridized carbons (Fsp3) is 0.600. The predicted molar refractivity (Wildman–Crippen MR) is 89.9 cm³/mol. The lowest BCUT2D eigenvalue weighted by molar-refractivity contribution is -0.135. The van der Waals surface area contributed by atoms with Gasteiger partial charge < -0.3 is 10.2 Å². The largest absolute Gasteiger partial charge is 0.357 e. The first-order valence-corrected chi connectivity index (χ1v) is 8.68. The van der Waals surface area contributed by atoms with Gasteiger partial charge in [-0.15, -0.1) is 5.10 Å². The van der Waals surface area contributed by atoms with Crippen molar-refractivity contribution in [3.63, 3.8) is 0 Å². The number of piperidine rings is 1. The molecule has 124 valence electrons. The number of nitrogens with one attached hydrogen (secondary N) is 1. The van der Waals surface area contributed by atoms with Crippen molar-refractivity contribution in [1.82, 2.24) is 19.5 Å². The molecule has 8 heteroatoms. The Bertz CT molecular complexity index is 774. The topological polar surface area (TPSA) is 79.6 Å². The molecule has 2 aromatic rings. The summed E-state index contributed by atoms with van der Waals surface area (Å²) in [6, 6.07) is 1.75. The summed E-state index contributed by atoms with van der Waals surface area (Å²) < 4.78 is 1.33. The van der Waals surface area contributed by atoms with Gasteiger partial charge in [-0.2, -0.15) is 4.52 Å². The molecule has 3 heterocycles. The van der Waals surface area contributed by atoms with Gasteiger partial charge in [0.25, 0.3) is 5.56 Å². The van der Waals surface area contributed by atoms with Crippen molar-refractivity contribution >= 4 is 27.3 Å². The molecule has 1 saturated heterocycles. The van der Waals surface area contributed by atoms with Crippen LogP contribution in [0.5, 0.6) is 0 Å². The number of fused-ring (bicyclic) bond motifs is 1. The molecule has 1 aliphatic rings. The van der Waals surface area contributed by atoms with E-state index in [0.29, 0.717) is 15.8 Å². The first kappa shape index (κ1) is 15.9. The number of nitrogens with zero attached hydrogens (tertiary/aromatic N) is 4. The molecule has 0 aliphatic carbocycles. The van der Waals surface area contributed by atoms with Crippen molar-refractivity contribution < 1.29 is 4.79 Å². The van der Waals surface area contributed by atoms with Gasteiger partial charge in [0.2, 0.25) is 16.0 Å². The molecule has 23 heavy (non-hydrogen) atoms. The Kier molecular flexibility index (Phi) is 4.34. The molecule has 1 N–H and O–H groups in total. The molecule has 0 bridgehead atoms. The van der Waals surface area contributed by atoms with Crippen LogP contribution in [0.1, 0.15) is 32.4 Å². The van der Waals surface area contributed by atoms with Crippen molar-refractivity contribution in [3.8, 4) is 0 Å². The van der Waals surface area contributed by atoms with Gasteiger partial charge in [-0.3, -0.25) is 9.59 Å². The molecule has 0 aromatic carbocycles. The number of amides is 1. The summed E-state index contributed by atoms with van der Waals surface area (Å²) in [4.78, 5) is 30.7. The molecular weight excluding hydrogens is 314 g/mol. The molecule has 0 unspecified atom stereocenters. The van der Waals surface area contributed by atoms with E-state index in [1.54, 1.807) is 6.92 Å². The van der Waals surface area contributed by atoms with E-state index in [1.165, 1.54) is 21.9 Å². The second-order valence-corrected chi connectivity index (χ2v) is 7.19. The fourth-order valence-electron chi connectivity index (χ4n) is 2.76.